The zero-order valence-electron chi connectivity index (χ0n) is 36.1. The molecule has 3 aromatic carbocycles. The van der Waals surface area contributed by atoms with Crippen LogP contribution in [-0.2, 0) is 27.3 Å². The second-order valence-electron chi connectivity index (χ2n) is 15.5. The first-order valence-electron chi connectivity index (χ1n) is 21.2. The van der Waals surface area contributed by atoms with E-state index in [4.69, 9.17) is 19.7 Å². The number of anilines is 4. The Morgan fingerprint density at radius 1 is 0.681 bits per heavy atom. The van der Waals surface area contributed by atoms with Gasteiger partial charge in [0.2, 0.25) is 0 Å². The Morgan fingerprint density at radius 2 is 1.17 bits per heavy atom. The number of aromatic nitrogens is 7. The molecule has 0 aliphatic carbocycles. The van der Waals surface area contributed by atoms with E-state index in [1.54, 1.807) is 70.7 Å². The Morgan fingerprint density at radius 3 is 1.62 bits per heavy atom. The quantitative estimate of drug-likeness (QED) is 0.0581. The molecule has 4 aliphatic rings. The van der Waals surface area contributed by atoms with E-state index in [1.807, 2.05) is 12.1 Å². The van der Waals surface area contributed by atoms with Crippen molar-refractivity contribution in [3.8, 4) is 11.1 Å². The van der Waals surface area contributed by atoms with Crippen LogP contribution in [0.15, 0.2) is 112 Å². The third kappa shape index (κ3) is 12.1. The number of nitrogens with zero attached hydrogens (tertiary/aromatic N) is 14. The number of pyridine rings is 1. The molecule has 0 spiro atoms. The van der Waals surface area contributed by atoms with E-state index >= 15 is 0 Å². The lowest BCUT2D eigenvalue weighted by atomic mass is 10.1. The fourth-order valence-electron chi connectivity index (χ4n) is 7.53. The number of piperazine rings is 1. The Hall–Kier alpha value is -7.28. The van der Waals surface area contributed by atoms with Crippen LogP contribution in [0.2, 0.25) is 0 Å². The molecule has 69 heavy (non-hydrogen) atoms. The fraction of sp³-hybridized carbons (Fsp3) is 0.302. The highest BCUT2D eigenvalue weighted by molar-refractivity contribution is 9.10. The van der Waals surface area contributed by atoms with Gasteiger partial charge in [-0.05, 0) is 104 Å². The summed E-state index contributed by atoms with van der Waals surface area (Å²) in [5.74, 6) is -0.406. The molecule has 0 bridgehead atoms. The first-order valence-corrected chi connectivity index (χ1v) is 22.8. The number of amides is 3. The Balaban J connectivity index is 0.000000147. The average molecular weight is 1080 g/mol. The van der Waals surface area contributed by atoms with Crippen molar-refractivity contribution in [1.82, 2.24) is 40.3 Å². The minimum atomic E-state index is -0.574. The highest BCUT2D eigenvalue weighted by Crippen LogP contribution is 2.31. The van der Waals surface area contributed by atoms with Crippen molar-refractivity contribution in [1.29, 1.82) is 0 Å². The summed E-state index contributed by atoms with van der Waals surface area (Å²) >= 11 is 6.11. The summed E-state index contributed by atoms with van der Waals surface area (Å²) in [4.78, 5) is 49.1. The number of cyclic esters (lactones) is 3. The van der Waals surface area contributed by atoms with Gasteiger partial charge in [-0.1, -0.05) is 15.5 Å². The molecule has 0 unspecified atom stereocenters. The maximum absolute atomic E-state index is 14.9. The number of hydrogen-bond donors (Lipinski definition) is 1. The second kappa shape index (κ2) is 22.2. The van der Waals surface area contributed by atoms with Crippen molar-refractivity contribution < 1.29 is 41.8 Å². The Kier molecular flexibility index (Phi) is 15.5. The van der Waals surface area contributed by atoms with Crippen LogP contribution >= 0.6 is 31.9 Å². The topological polar surface area (TPSA) is 227 Å². The third-order valence-corrected chi connectivity index (χ3v) is 12.2. The van der Waals surface area contributed by atoms with Crippen molar-refractivity contribution in [3.63, 3.8) is 0 Å². The largest absolute Gasteiger partial charge is 0.444 e. The van der Waals surface area contributed by atoms with Crippen molar-refractivity contribution in [2.45, 2.75) is 31.4 Å². The van der Waals surface area contributed by atoms with Gasteiger partial charge in [0.15, 0.2) is 0 Å². The molecular formula is C43H40Br2F3N15O6. The van der Waals surface area contributed by atoms with Crippen molar-refractivity contribution in [2.75, 3.05) is 72.0 Å². The normalized spacial score (nSPS) is 18.7. The molecule has 10 rings (SSSR count). The van der Waals surface area contributed by atoms with Gasteiger partial charge in [0, 0.05) is 60.8 Å². The van der Waals surface area contributed by atoms with Crippen LogP contribution < -0.4 is 24.9 Å². The number of hydrogen-bond acceptors (Lipinski definition) is 14. The van der Waals surface area contributed by atoms with E-state index in [9.17, 15) is 27.6 Å². The molecule has 6 aromatic rings. The van der Waals surface area contributed by atoms with Gasteiger partial charge >= 0.3 is 18.3 Å². The van der Waals surface area contributed by atoms with E-state index in [0.717, 1.165) is 32.0 Å². The summed E-state index contributed by atoms with van der Waals surface area (Å²) in [5, 5.41) is 21.8. The summed E-state index contributed by atoms with van der Waals surface area (Å²) in [7, 11) is 0. The molecule has 4 saturated heterocycles. The summed E-state index contributed by atoms with van der Waals surface area (Å²) in [6.45, 7) is 5.44. The molecular weight excluding hydrogens is 1040 g/mol. The van der Waals surface area contributed by atoms with Gasteiger partial charge in [-0.25, -0.2) is 41.9 Å². The monoisotopic (exact) mass is 1080 g/mol. The molecule has 3 amide bonds. The fourth-order valence-corrected chi connectivity index (χ4v) is 8.02. The van der Waals surface area contributed by atoms with E-state index in [0.29, 0.717) is 63.3 Å². The van der Waals surface area contributed by atoms with Gasteiger partial charge in [-0.3, -0.25) is 14.7 Å². The molecule has 4 fully saturated rings. The molecule has 358 valence electrons. The number of carbonyl (C=O) groups excluding carboxylic acids is 3. The molecule has 3 aromatic heterocycles. The smallest absolute Gasteiger partial charge is 0.414 e. The summed E-state index contributed by atoms with van der Waals surface area (Å²) in [6, 6.07) is 17.4. The SMILES string of the molecule is O=C1O[C@@H](Cn2ccnn2)CN1c1ccc(-c2ccc(N3CCNCC3)nc2)c(F)c1.O=C1O[C@@H](Cn2ccnn2)CN1c1ccc(Br)c(F)c1.[N-]=[N+]=NC[C@H]1CN(c2ccc(Br)c(F)c2)C(=O)O1. The molecule has 26 heteroatoms. The van der Waals surface area contributed by atoms with Crippen LogP contribution in [0.1, 0.15) is 0 Å². The zero-order chi connectivity index (χ0) is 48.4. The molecule has 3 atom stereocenters. The highest BCUT2D eigenvalue weighted by Gasteiger charge is 2.35. The molecule has 21 nitrogen and oxygen atoms in total. The van der Waals surface area contributed by atoms with Gasteiger partial charge in [-0.15, -0.1) is 10.2 Å². The first kappa shape index (κ1) is 48.2. The number of rotatable bonds is 11. The number of ether oxygens (including phenoxy) is 3. The standard InChI is InChI=1S/C21H22FN7O2.C12H10BrFN4O2.C10H8BrFN4O2/c22-19-11-16(29-14-17(31-21(29)30)13-28-10-7-25-26-28)2-3-18(19)15-1-4-20(24-12-15)27-8-5-23-6-9-27;13-10-2-1-8(5-11(10)14)18-7-9(20-12(18)19)6-17-4-3-15-16-17;11-8-2-1-6(3-9(8)12)16-5-7(4-14-15-13)18-10(16)17/h1-4,7,10-12,17,23H,5-6,8-9,13-14H2;1-5,9H,6-7H2;1-3,7H,4-5H2/t17-;9-;7-/m000/s1. The van der Waals surface area contributed by atoms with Crippen molar-refractivity contribution >= 4 is 73.0 Å². The van der Waals surface area contributed by atoms with E-state index in [-0.39, 0.29) is 25.3 Å². The van der Waals surface area contributed by atoms with Gasteiger partial charge in [0.05, 0.1) is 77.7 Å². The minimum absolute atomic E-state index is 0.0672. The number of halogens is 5. The molecule has 4 aliphatic heterocycles. The predicted octanol–water partition coefficient (Wildman–Crippen LogP) is 7.34. The van der Waals surface area contributed by atoms with E-state index in [2.05, 4.69) is 77.7 Å². The Bertz CT molecular complexity index is 2800. The summed E-state index contributed by atoms with van der Waals surface area (Å²) < 4.78 is 61.3. The highest BCUT2D eigenvalue weighted by atomic mass is 79.9. The Labute approximate surface area is 407 Å². The minimum Gasteiger partial charge on any atom is -0.444 e. The van der Waals surface area contributed by atoms with Gasteiger partial charge in [0.25, 0.3) is 0 Å². The second-order valence-corrected chi connectivity index (χ2v) is 17.2. The van der Waals surface area contributed by atoms with Crippen LogP contribution in [0.5, 0.6) is 0 Å². The van der Waals surface area contributed by atoms with Gasteiger partial charge in [0.1, 0.15) is 41.6 Å². The van der Waals surface area contributed by atoms with Crippen molar-refractivity contribution in [3.05, 3.63) is 135 Å². The van der Waals surface area contributed by atoms with Crippen LogP contribution in [0, 0.1) is 17.5 Å². The number of benzene rings is 3. The maximum atomic E-state index is 14.9. The lowest BCUT2D eigenvalue weighted by Crippen LogP contribution is -2.43. The number of carbonyl (C=O) groups is 3. The molecule has 1 N–H and O–H groups in total. The molecule has 0 radical (unpaired) electrons. The van der Waals surface area contributed by atoms with Crippen LogP contribution in [0.3, 0.4) is 0 Å². The van der Waals surface area contributed by atoms with Crippen molar-refractivity contribution in [2.24, 2.45) is 5.11 Å². The summed E-state index contributed by atoms with van der Waals surface area (Å²) in [5.41, 5.74) is 10.7. The number of azide groups is 1. The molecule has 0 saturated carbocycles. The van der Waals surface area contributed by atoms with Crippen LogP contribution in [-0.4, -0.2) is 124 Å². The van der Waals surface area contributed by atoms with Crippen LogP contribution in [0.25, 0.3) is 21.6 Å². The van der Waals surface area contributed by atoms with Gasteiger partial charge in [-0.2, -0.15) is 0 Å². The summed E-state index contributed by atoms with van der Waals surface area (Å²) in [6.07, 6.45) is 5.42. The zero-order valence-corrected chi connectivity index (χ0v) is 39.3. The third-order valence-electron chi connectivity index (χ3n) is 10.9. The average Bonchev–Trinajstić information content (AvgIpc) is 4.23. The maximum Gasteiger partial charge on any atom is 0.414 e. The lowest BCUT2D eigenvalue weighted by molar-refractivity contribution is 0.128. The number of nitrogens with one attached hydrogen (secondary N) is 1. The van der Waals surface area contributed by atoms with Gasteiger partial charge < -0.3 is 24.4 Å². The lowest BCUT2D eigenvalue weighted by Gasteiger charge is -2.28. The molecule has 7 heterocycles. The van der Waals surface area contributed by atoms with Crippen LogP contribution in [0.4, 0.5) is 50.4 Å². The van der Waals surface area contributed by atoms with E-state index in [1.165, 1.54) is 39.0 Å². The predicted molar refractivity (Wildman–Crippen MR) is 250 cm³/mol. The first-order chi connectivity index (χ1) is 33.4. The van der Waals surface area contributed by atoms with E-state index < -0.39 is 41.8 Å².